The lowest BCUT2D eigenvalue weighted by Gasteiger charge is -2.17. The normalized spacial score (nSPS) is 11.1. The Morgan fingerprint density at radius 1 is 1.67 bits per heavy atom. The molecule has 0 aromatic carbocycles. The van der Waals surface area contributed by atoms with Gasteiger partial charge in [0.15, 0.2) is 0 Å². The molecule has 0 aromatic rings. The quantitative estimate of drug-likeness (QED) is 0.600. The second kappa shape index (κ2) is 3.13. The van der Waals surface area contributed by atoms with E-state index in [4.69, 9.17) is 5.11 Å². The molecule has 3 heteroatoms. The van der Waals surface area contributed by atoms with E-state index in [1.807, 2.05) is 20.8 Å². The van der Waals surface area contributed by atoms with E-state index in [9.17, 15) is 4.21 Å². The smallest absolute Gasteiger partial charge is 0.148 e. The van der Waals surface area contributed by atoms with Crippen LogP contribution in [0.15, 0.2) is 0 Å². The highest BCUT2D eigenvalue weighted by Gasteiger charge is 2.20. The highest BCUT2D eigenvalue weighted by Crippen LogP contribution is 2.19. The Kier molecular flexibility index (Phi) is 3.08. The summed E-state index contributed by atoms with van der Waals surface area (Å²) < 4.78 is 10.1. The van der Waals surface area contributed by atoms with Gasteiger partial charge in [-0.1, -0.05) is 20.8 Å². The highest BCUT2D eigenvalue weighted by atomic mass is 32.1. The Bertz CT molecular complexity index is 145. The first-order valence-corrected chi connectivity index (χ1v) is 3.65. The third-order valence-electron chi connectivity index (χ3n) is 1.54. The van der Waals surface area contributed by atoms with Gasteiger partial charge in [-0.15, -0.1) is 0 Å². The van der Waals surface area contributed by atoms with E-state index in [0.717, 1.165) is 6.42 Å². The van der Waals surface area contributed by atoms with Crippen molar-refractivity contribution in [3.05, 3.63) is 0 Å². The first-order chi connectivity index (χ1) is 4.04. The fraction of sp³-hybridized carbons (Fsp3) is 0.833. The van der Waals surface area contributed by atoms with Crippen molar-refractivity contribution in [2.45, 2.75) is 27.2 Å². The molecular formula is C6H12O2S. The van der Waals surface area contributed by atoms with Crippen LogP contribution >= 0.6 is 0 Å². The van der Waals surface area contributed by atoms with E-state index in [2.05, 4.69) is 0 Å². The van der Waals surface area contributed by atoms with Gasteiger partial charge in [0.2, 0.25) is 0 Å². The molecule has 0 unspecified atom stereocenters. The van der Waals surface area contributed by atoms with Gasteiger partial charge in [-0.2, -0.15) is 0 Å². The Hall–Kier alpha value is -0.150. The summed E-state index contributed by atoms with van der Waals surface area (Å²) in [7, 11) is 0. The summed E-state index contributed by atoms with van der Waals surface area (Å²) in [6, 6.07) is 0. The van der Waals surface area contributed by atoms with E-state index in [-0.39, 0.29) is 21.7 Å². The molecule has 0 saturated heterocycles. The number of aliphatic hydroxyl groups is 1. The van der Waals surface area contributed by atoms with Crippen LogP contribution in [-0.2, 0) is 11.3 Å². The zero-order chi connectivity index (χ0) is 7.49. The van der Waals surface area contributed by atoms with Gasteiger partial charge >= 0.3 is 0 Å². The summed E-state index contributed by atoms with van der Waals surface area (Å²) in [5, 5.41) is 8.93. The predicted octanol–water partition coefficient (Wildman–Crippen LogP) is 1.32. The van der Waals surface area contributed by atoms with E-state index in [0.29, 0.717) is 0 Å². The maximum atomic E-state index is 10.1. The van der Waals surface area contributed by atoms with Crippen LogP contribution in [0.1, 0.15) is 27.2 Å². The molecule has 0 amide bonds. The molecule has 0 heterocycles. The Morgan fingerprint density at radius 2 is 2.11 bits per heavy atom. The van der Waals surface area contributed by atoms with Gasteiger partial charge in [0.25, 0.3) is 0 Å². The molecule has 0 saturated carbocycles. The molecule has 0 aliphatic rings. The maximum absolute atomic E-state index is 10.1. The van der Waals surface area contributed by atoms with Crippen molar-refractivity contribution in [2.24, 2.45) is 5.41 Å². The highest BCUT2D eigenvalue weighted by molar-refractivity contribution is 7.66. The van der Waals surface area contributed by atoms with Crippen LogP contribution in [0.4, 0.5) is 0 Å². The zero-order valence-corrected chi connectivity index (χ0v) is 6.79. The summed E-state index contributed by atoms with van der Waals surface area (Å²) >= 11 is 0.179. The molecule has 0 spiro atoms. The summed E-state index contributed by atoms with van der Waals surface area (Å²) in [4.78, 5) is 0. The van der Waals surface area contributed by atoms with E-state index in [1.165, 1.54) is 0 Å². The monoisotopic (exact) mass is 148 g/mol. The van der Waals surface area contributed by atoms with Crippen LogP contribution in [-0.4, -0.2) is 14.4 Å². The molecule has 0 radical (unpaired) electrons. The van der Waals surface area contributed by atoms with Gasteiger partial charge in [-0.25, -0.2) is 4.21 Å². The third kappa shape index (κ3) is 2.28. The molecule has 2 nitrogen and oxygen atoms in total. The summed E-state index contributed by atoms with van der Waals surface area (Å²) in [5.41, 5.74) is -0.327. The molecule has 1 N–H and O–H groups in total. The third-order valence-corrected chi connectivity index (χ3v) is 2.25. The molecule has 9 heavy (non-hydrogen) atoms. The number of hydrogen-bond acceptors (Lipinski definition) is 1. The minimum absolute atomic E-state index is 0.0231. The van der Waals surface area contributed by atoms with Gasteiger partial charge < -0.3 is 5.11 Å². The van der Waals surface area contributed by atoms with Crippen LogP contribution in [0, 0.1) is 5.41 Å². The van der Waals surface area contributed by atoms with Crippen molar-refractivity contribution < 1.29 is 9.32 Å². The Balaban J connectivity index is 4.33. The summed E-state index contributed by atoms with van der Waals surface area (Å²) in [5.74, 6) is 0. The van der Waals surface area contributed by atoms with Crippen LogP contribution in [0.25, 0.3) is 0 Å². The molecule has 0 fully saturated rings. The van der Waals surface area contributed by atoms with Crippen molar-refractivity contribution in [3.8, 4) is 0 Å². The van der Waals surface area contributed by atoms with E-state index in [1.54, 1.807) is 0 Å². The van der Waals surface area contributed by atoms with E-state index < -0.39 is 0 Å². The van der Waals surface area contributed by atoms with Crippen LogP contribution < -0.4 is 0 Å². The molecule has 54 valence electrons. The molecule has 0 aliphatic heterocycles. The molecule has 0 aromatic heterocycles. The lowest BCUT2D eigenvalue weighted by molar-refractivity contribution is 0.402. The van der Waals surface area contributed by atoms with Gasteiger partial charge in [0.1, 0.15) is 16.3 Å². The first kappa shape index (κ1) is 8.85. The molecule has 0 atom stereocenters. The lowest BCUT2D eigenvalue weighted by Crippen LogP contribution is -2.22. The summed E-state index contributed by atoms with van der Waals surface area (Å²) in [6.45, 7) is 5.62. The average molecular weight is 148 g/mol. The second-order valence-corrected chi connectivity index (χ2v) is 3.18. The largest absolute Gasteiger partial charge is 0.352 e. The lowest BCUT2D eigenvalue weighted by atomic mass is 9.92. The average Bonchev–Trinajstić information content (AvgIpc) is 1.86. The van der Waals surface area contributed by atoms with Gasteiger partial charge in [0, 0.05) is 5.41 Å². The van der Waals surface area contributed by atoms with Crippen LogP contribution in [0.2, 0.25) is 0 Å². The van der Waals surface area contributed by atoms with Crippen LogP contribution in [0.3, 0.4) is 0 Å². The summed E-state index contributed by atoms with van der Waals surface area (Å²) in [6.07, 6.45) is 0.786. The zero-order valence-electron chi connectivity index (χ0n) is 5.97. The topological polar surface area (TPSA) is 37.3 Å². The number of hydrogen-bond donors (Lipinski definition) is 1. The fourth-order valence-corrected chi connectivity index (χ4v) is 0.634. The van der Waals surface area contributed by atoms with Crippen molar-refractivity contribution >= 4 is 16.3 Å². The SMILES string of the molecule is CCC(C)(C)C(O)=S=O. The van der Waals surface area contributed by atoms with Crippen molar-refractivity contribution in [3.63, 3.8) is 0 Å². The van der Waals surface area contributed by atoms with Crippen molar-refractivity contribution in [1.82, 2.24) is 0 Å². The molecular weight excluding hydrogens is 136 g/mol. The first-order valence-electron chi connectivity index (χ1n) is 2.91. The minimum Gasteiger partial charge on any atom is -0.352 e. The Labute approximate surface area is 59.0 Å². The minimum atomic E-state index is -0.327. The molecule has 0 bridgehead atoms. The maximum Gasteiger partial charge on any atom is 0.148 e. The van der Waals surface area contributed by atoms with E-state index >= 15 is 0 Å². The number of aliphatic hydroxyl groups excluding tert-OH is 1. The molecule has 0 rings (SSSR count). The predicted molar refractivity (Wildman–Crippen MR) is 39.9 cm³/mol. The molecule has 0 aliphatic carbocycles. The van der Waals surface area contributed by atoms with Crippen molar-refractivity contribution in [2.75, 3.05) is 0 Å². The second-order valence-electron chi connectivity index (χ2n) is 2.63. The van der Waals surface area contributed by atoms with Crippen LogP contribution in [0.5, 0.6) is 0 Å². The fourth-order valence-electron chi connectivity index (χ4n) is 0.264. The Morgan fingerprint density at radius 3 is 2.22 bits per heavy atom. The van der Waals surface area contributed by atoms with Crippen molar-refractivity contribution in [1.29, 1.82) is 0 Å². The van der Waals surface area contributed by atoms with Gasteiger partial charge in [0.05, 0.1) is 0 Å². The van der Waals surface area contributed by atoms with Gasteiger partial charge in [-0.05, 0) is 6.42 Å². The van der Waals surface area contributed by atoms with Gasteiger partial charge in [-0.3, -0.25) is 0 Å². The number of rotatable bonds is 2. The standard InChI is InChI=1S/C6H12O2S/c1-4-6(2,3)5(7)9-8/h7H,4H2,1-3H3.